The number of nitrogens with one attached hydrogen (secondary N) is 1. The van der Waals surface area contributed by atoms with Crippen LogP contribution in [0.25, 0.3) is 6.08 Å². The van der Waals surface area contributed by atoms with Crippen molar-refractivity contribution >= 4 is 58.5 Å². The van der Waals surface area contributed by atoms with E-state index in [-0.39, 0.29) is 22.9 Å². The Hall–Kier alpha value is -4.21. The SMILES string of the molecule is COc1cc(/C=C2/C(=O)NC(=S)N(c3ccc(Cl)cc3)C2=O)ccc1OCc1ccc(C(=O)O)cc1. The summed E-state index contributed by atoms with van der Waals surface area (Å²) in [6.45, 7) is 0.186. The van der Waals surface area contributed by atoms with Crippen molar-refractivity contribution in [3.8, 4) is 11.5 Å². The number of benzene rings is 3. The molecule has 36 heavy (non-hydrogen) atoms. The highest BCUT2D eigenvalue weighted by atomic mass is 35.5. The number of nitrogens with zero attached hydrogens (tertiary/aromatic N) is 1. The lowest BCUT2D eigenvalue weighted by Gasteiger charge is -2.29. The Balaban J connectivity index is 1.55. The summed E-state index contributed by atoms with van der Waals surface area (Å²) in [5.41, 5.74) is 1.86. The van der Waals surface area contributed by atoms with Gasteiger partial charge in [-0.15, -0.1) is 0 Å². The van der Waals surface area contributed by atoms with Gasteiger partial charge in [0.2, 0.25) is 0 Å². The van der Waals surface area contributed by atoms with Crippen LogP contribution >= 0.6 is 23.8 Å². The van der Waals surface area contributed by atoms with E-state index >= 15 is 0 Å². The Labute approximate surface area is 216 Å². The van der Waals surface area contributed by atoms with Crippen molar-refractivity contribution < 1.29 is 29.0 Å². The summed E-state index contributed by atoms with van der Waals surface area (Å²) < 4.78 is 11.3. The molecule has 0 bridgehead atoms. The number of thiocarbonyl (C=S) groups is 1. The average Bonchev–Trinajstić information content (AvgIpc) is 2.86. The number of carboxylic acid groups (broad SMARTS) is 1. The number of aromatic carboxylic acids is 1. The predicted molar refractivity (Wildman–Crippen MR) is 138 cm³/mol. The zero-order valence-corrected chi connectivity index (χ0v) is 20.4. The van der Waals surface area contributed by atoms with Crippen molar-refractivity contribution in [1.82, 2.24) is 5.32 Å². The molecule has 2 amide bonds. The molecule has 1 saturated heterocycles. The number of hydrogen-bond acceptors (Lipinski definition) is 6. The number of halogens is 1. The molecule has 10 heteroatoms. The molecule has 3 aromatic carbocycles. The maximum Gasteiger partial charge on any atom is 0.335 e. The van der Waals surface area contributed by atoms with Crippen LogP contribution in [0, 0.1) is 0 Å². The zero-order valence-electron chi connectivity index (χ0n) is 18.9. The van der Waals surface area contributed by atoms with Crippen LogP contribution in [0.15, 0.2) is 72.3 Å². The lowest BCUT2D eigenvalue weighted by atomic mass is 10.1. The van der Waals surface area contributed by atoms with Gasteiger partial charge < -0.3 is 14.6 Å². The molecule has 4 rings (SSSR count). The van der Waals surface area contributed by atoms with Gasteiger partial charge in [0.1, 0.15) is 12.2 Å². The molecule has 3 aromatic rings. The van der Waals surface area contributed by atoms with Gasteiger partial charge in [-0.1, -0.05) is 29.8 Å². The van der Waals surface area contributed by atoms with Gasteiger partial charge in [-0.3, -0.25) is 19.8 Å². The minimum absolute atomic E-state index is 0.0258. The van der Waals surface area contributed by atoms with Crippen molar-refractivity contribution in [3.63, 3.8) is 0 Å². The Bertz CT molecular complexity index is 1390. The third kappa shape index (κ3) is 5.37. The van der Waals surface area contributed by atoms with Crippen molar-refractivity contribution in [3.05, 3.63) is 94.0 Å². The molecule has 1 fully saturated rings. The second kappa shape index (κ2) is 10.6. The summed E-state index contributed by atoms with van der Waals surface area (Å²) in [6, 6.07) is 17.8. The summed E-state index contributed by atoms with van der Waals surface area (Å²) in [4.78, 5) is 38.0. The van der Waals surface area contributed by atoms with Gasteiger partial charge in [0.05, 0.1) is 18.4 Å². The van der Waals surface area contributed by atoms with Gasteiger partial charge in [0.25, 0.3) is 11.8 Å². The molecule has 0 aromatic heterocycles. The third-order valence-electron chi connectivity index (χ3n) is 5.28. The van der Waals surface area contributed by atoms with E-state index in [1.165, 1.54) is 30.2 Å². The van der Waals surface area contributed by atoms with Crippen LogP contribution in [0.4, 0.5) is 5.69 Å². The van der Waals surface area contributed by atoms with E-state index in [1.807, 2.05) is 0 Å². The standard InChI is InChI=1S/C26H19ClN2O6S/c1-34-22-13-16(4-11-21(22)35-14-15-2-5-17(6-3-15)25(32)33)12-20-23(30)28-26(36)29(24(20)31)19-9-7-18(27)8-10-19/h2-13H,14H2,1H3,(H,32,33)(H,28,30,36)/b20-12-. The number of rotatable bonds is 7. The Morgan fingerprint density at radius 3 is 2.39 bits per heavy atom. The van der Waals surface area contributed by atoms with Gasteiger partial charge in [-0.2, -0.15) is 0 Å². The van der Waals surface area contributed by atoms with Crippen molar-refractivity contribution in [1.29, 1.82) is 0 Å². The first-order valence-electron chi connectivity index (χ1n) is 10.6. The molecule has 182 valence electrons. The lowest BCUT2D eigenvalue weighted by molar-refractivity contribution is -0.122. The number of amides is 2. The molecule has 0 atom stereocenters. The minimum atomic E-state index is -1.00. The highest BCUT2D eigenvalue weighted by Gasteiger charge is 2.34. The quantitative estimate of drug-likeness (QED) is 0.268. The highest BCUT2D eigenvalue weighted by Crippen LogP contribution is 2.31. The number of carbonyl (C=O) groups is 3. The highest BCUT2D eigenvalue weighted by molar-refractivity contribution is 7.80. The molecular formula is C26H19ClN2O6S. The maximum atomic E-state index is 13.2. The molecule has 8 nitrogen and oxygen atoms in total. The zero-order chi connectivity index (χ0) is 25.8. The van der Waals surface area contributed by atoms with Crippen LogP contribution < -0.4 is 19.7 Å². The molecule has 0 radical (unpaired) electrons. The normalized spacial score (nSPS) is 14.6. The number of hydrogen-bond donors (Lipinski definition) is 2. The molecule has 0 aliphatic carbocycles. The van der Waals surface area contributed by atoms with Gasteiger partial charge in [0.15, 0.2) is 16.6 Å². The van der Waals surface area contributed by atoms with E-state index in [0.717, 1.165) is 5.56 Å². The summed E-state index contributed by atoms with van der Waals surface area (Å²) >= 11 is 11.1. The van der Waals surface area contributed by atoms with Gasteiger partial charge in [-0.25, -0.2) is 4.79 Å². The van der Waals surface area contributed by atoms with Gasteiger partial charge in [0, 0.05) is 5.02 Å². The molecule has 1 aliphatic heterocycles. The van der Waals surface area contributed by atoms with Crippen LogP contribution in [0.3, 0.4) is 0 Å². The predicted octanol–water partition coefficient (Wildman–Crippen LogP) is 4.46. The summed E-state index contributed by atoms with van der Waals surface area (Å²) in [7, 11) is 1.47. The number of carboxylic acids is 1. The lowest BCUT2D eigenvalue weighted by Crippen LogP contribution is -2.54. The fraction of sp³-hybridized carbons (Fsp3) is 0.0769. The first-order valence-corrected chi connectivity index (χ1v) is 11.4. The monoisotopic (exact) mass is 522 g/mol. The van der Waals surface area contributed by atoms with E-state index in [1.54, 1.807) is 54.6 Å². The van der Waals surface area contributed by atoms with E-state index in [2.05, 4.69) is 5.32 Å². The maximum absolute atomic E-state index is 13.2. The molecular weight excluding hydrogens is 504 g/mol. The second-order valence-electron chi connectivity index (χ2n) is 7.64. The van der Waals surface area contributed by atoms with E-state index in [0.29, 0.717) is 27.8 Å². The van der Waals surface area contributed by atoms with E-state index in [4.69, 9.17) is 38.4 Å². The first-order chi connectivity index (χ1) is 17.3. The summed E-state index contributed by atoms with van der Waals surface area (Å²) in [5.74, 6) is -1.36. The fourth-order valence-electron chi connectivity index (χ4n) is 3.45. The number of methoxy groups -OCH3 is 1. The van der Waals surface area contributed by atoms with Crippen LogP contribution in [-0.2, 0) is 16.2 Å². The fourth-order valence-corrected chi connectivity index (χ4v) is 3.85. The van der Waals surface area contributed by atoms with E-state index in [9.17, 15) is 14.4 Å². The smallest absolute Gasteiger partial charge is 0.335 e. The Kier molecular flexibility index (Phi) is 7.33. The van der Waals surface area contributed by atoms with E-state index < -0.39 is 17.8 Å². The average molecular weight is 523 g/mol. The molecule has 0 unspecified atom stereocenters. The van der Waals surface area contributed by atoms with Crippen LogP contribution in [0.2, 0.25) is 5.02 Å². The Morgan fingerprint density at radius 2 is 1.75 bits per heavy atom. The number of carbonyl (C=O) groups excluding carboxylic acids is 2. The number of ether oxygens (including phenoxy) is 2. The molecule has 1 aliphatic rings. The van der Waals surface area contributed by atoms with Gasteiger partial charge >= 0.3 is 5.97 Å². The van der Waals surface area contributed by atoms with Crippen molar-refractivity contribution in [2.45, 2.75) is 6.61 Å². The second-order valence-corrected chi connectivity index (χ2v) is 8.46. The van der Waals surface area contributed by atoms with Crippen LogP contribution in [-0.4, -0.2) is 35.1 Å². The molecule has 2 N–H and O–H groups in total. The third-order valence-corrected chi connectivity index (χ3v) is 5.82. The minimum Gasteiger partial charge on any atom is -0.493 e. The topological polar surface area (TPSA) is 105 Å². The van der Waals surface area contributed by atoms with Crippen molar-refractivity contribution in [2.24, 2.45) is 0 Å². The summed E-state index contributed by atoms with van der Waals surface area (Å²) in [5, 5.41) is 12.0. The largest absolute Gasteiger partial charge is 0.493 e. The van der Waals surface area contributed by atoms with Gasteiger partial charge in [-0.05, 0) is 78.0 Å². The van der Waals surface area contributed by atoms with Crippen molar-refractivity contribution in [2.75, 3.05) is 12.0 Å². The Morgan fingerprint density at radius 1 is 1.06 bits per heavy atom. The molecule has 1 heterocycles. The molecule has 0 spiro atoms. The summed E-state index contributed by atoms with van der Waals surface area (Å²) in [6.07, 6.45) is 1.44. The molecule has 0 saturated carbocycles. The number of anilines is 1. The van der Waals surface area contributed by atoms with Crippen LogP contribution in [0.1, 0.15) is 21.5 Å². The first kappa shape index (κ1) is 24.9. The van der Waals surface area contributed by atoms with Crippen LogP contribution in [0.5, 0.6) is 11.5 Å².